The van der Waals surface area contributed by atoms with E-state index in [9.17, 15) is 13.0 Å². The molecule has 0 aromatic rings. The Morgan fingerprint density at radius 1 is 1.33 bits per heavy atom. The third kappa shape index (κ3) is 9.55. The molecule has 7 heteroatoms. The van der Waals surface area contributed by atoms with Gasteiger partial charge >= 0.3 is 51.4 Å². The molecule has 0 N–H and O–H groups in total. The van der Waals surface area contributed by atoms with Crippen molar-refractivity contribution in [2.75, 3.05) is 20.0 Å². The second kappa shape index (κ2) is 7.83. The molecule has 0 saturated heterocycles. The van der Waals surface area contributed by atoms with Gasteiger partial charge in [-0.1, -0.05) is 0 Å². The number of rotatable bonds is 5. The second-order valence-corrected chi connectivity index (χ2v) is 3.48. The van der Waals surface area contributed by atoms with Crippen LogP contribution in [0.4, 0.5) is 0 Å². The first-order chi connectivity index (χ1) is 4.99. The van der Waals surface area contributed by atoms with Crippen LogP contribution in [-0.4, -0.2) is 39.2 Å². The van der Waals surface area contributed by atoms with E-state index in [1.165, 1.54) is 14.2 Å². The fourth-order valence-electron chi connectivity index (χ4n) is 0.572. The molecule has 0 aliphatic heterocycles. The van der Waals surface area contributed by atoms with Crippen molar-refractivity contribution in [1.29, 1.82) is 0 Å². The maximum absolute atomic E-state index is 10.1. The quantitative estimate of drug-likeness (QED) is 0.275. The van der Waals surface area contributed by atoms with Gasteiger partial charge < -0.3 is 14.0 Å². The standard InChI is InChI=1S/C5H12O5S.K/c1-9-5(10-2)3-4-11(6,7)8;/h5H,3-4H2,1-2H3,(H,6,7,8);/q;+1/p-1. The SMILES string of the molecule is COC(CCS(=O)(=O)[O-])OC.[K+]. The van der Waals surface area contributed by atoms with Gasteiger partial charge in [0.05, 0.1) is 10.1 Å². The minimum absolute atomic E-state index is 0. The van der Waals surface area contributed by atoms with Crippen molar-refractivity contribution in [3.8, 4) is 0 Å². The maximum Gasteiger partial charge on any atom is 1.00 e. The van der Waals surface area contributed by atoms with E-state index in [-0.39, 0.29) is 57.8 Å². The number of hydrogen-bond acceptors (Lipinski definition) is 5. The molecule has 0 atom stereocenters. The predicted octanol–water partition coefficient (Wildman–Crippen LogP) is -3.46. The van der Waals surface area contributed by atoms with Crippen molar-refractivity contribution >= 4 is 10.1 Å². The van der Waals surface area contributed by atoms with Gasteiger partial charge in [-0.3, -0.25) is 0 Å². The van der Waals surface area contributed by atoms with E-state index in [0.29, 0.717) is 0 Å². The van der Waals surface area contributed by atoms with E-state index >= 15 is 0 Å². The summed E-state index contributed by atoms with van der Waals surface area (Å²) in [5.41, 5.74) is 0. The van der Waals surface area contributed by atoms with Crippen LogP contribution >= 0.6 is 0 Å². The monoisotopic (exact) mass is 222 g/mol. The van der Waals surface area contributed by atoms with Gasteiger partial charge in [0.25, 0.3) is 0 Å². The second-order valence-electron chi connectivity index (χ2n) is 1.95. The molecular formula is C5H11KO5S. The number of hydrogen-bond donors (Lipinski definition) is 0. The summed E-state index contributed by atoms with van der Waals surface area (Å²) in [6.45, 7) is 0. The van der Waals surface area contributed by atoms with Gasteiger partial charge in [-0.2, -0.15) is 0 Å². The Labute approximate surface area is 115 Å². The fourth-order valence-corrected chi connectivity index (χ4v) is 1.05. The largest absolute Gasteiger partial charge is 1.00 e. The van der Waals surface area contributed by atoms with Crippen molar-refractivity contribution in [3.05, 3.63) is 0 Å². The van der Waals surface area contributed by atoms with E-state index in [0.717, 1.165) is 0 Å². The molecule has 0 rings (SSSR count). The first-order valence-corrected chi connectivity index (χ1v) is 4.56. The summed E-state index contributed by atoms with van der Waals surface area (Å²) in [4.78, 5) is 0. The van der Waals surface area contributed by atoms with Crippen LogP contribution in [0.5, 0.6) is 0 Å². The summed E-state index contributed by atoms with van der Waals surface area (Å²) in [5, 5.41) is 0. The van der Waals surface area contributed by atoms with Crippen molar-refractivity contribution in [3.63, 3.8) is 0 Å². The predicted molar refractivity (Wildman–Crippen MR) is 37.0 cm³/mol. The zero-order valence-corrected chi connectivity index (χ0v) is 11.4. The third-order valence-corrected chi connectivity index (χ3v) is 1.87. The third-order valence-electron chi connectivity index (χ3n) is 1.13. The molecule has 0 fully saturated rings. The van der Waals surface area contributed by atoms with Crippen molar-refractivity contribution in [2.24, 2.45) is 0 Å². The summed E-state index contributed by atoms with van der Waals surface area (Å²) in [6, 6.07) is 0. The number of ether oxygens (including phenoxy) is 2. The van der Waals surface area contributed by atoms with Gasteiger partial charge in [0.1, 0.15) is 0 Å². The molecule has 0 aliphatic rings. The smallest absolute Gasteiger partial charge is 0.748 e. The molecule has 0 aliphatic carbocycles. The molecule has 0 spiro atoms. The average Bonchev–Trinajstić information content (AvgIpc) is 1.88. The van der Waals surface area contributed by atoms with Gasteiger partial charge in [0, 0.05) is 26.4 Å². The molecule has 0 saturated carbocycles. The number of methoxy groups -OCH3 is 2. The fraction of sp³-hybridized carbons (Fsp3) is 1.00. The van der Waals surface area contributed by atoms with E-state index in [4.69, 9.17) is 0 Å². The van der Waals surface area contributed by atoms with Crippen LogP contribution in [0.2, 0.25) is 0 Å². The van der Waals surface area contributed by atoms with Gasteiger partial charge in [-0.15, -0.1) is 0 Å². The van der Waals surface area contributed by atoms with E-state index in [1.54, 1.807) is 0 Å². The molecule has 5 nitrogen and oxygen atoms in total. The van der Waals surface area contributed by atoms with E-state index in [1.807, 2.05) is 0 Å². The van der Waals surface area contributed by atoms with Crippen molar-refractivity contribution < 1.29 is 73.8 Å². The summed E-state index contributed by atoms with van der Waals surface area (Å²) in [5.74, 6) is -0.459. The Balaban J connectivity index is 0. The van der Waals surface area contributed by atoms with Crippen LogP contribution < -0.4 is 51.4 Å². The van der Waals surface area contributed by atoms with Gasteiger partial charge in [-0.05, 0) is 0 Å². The molecule has 0 aromatic carbocycles. The Kier molecular flexibility index (Phi) is 10.4. The molecule has 0 aromatic heterocycles. The molecular weight excluding hydrogens is 211 g/mol. The molecule has 0 heterocycles. The molecule has 12 heavy (non-hydrogen) atoms. The normalized spacial score (nSPS) is 11.3. The van der Waals surface area contributed by atoms with Gasteiger partial charge in [0.15, 0.2) is 6.29 Å². The summed E-state index contributed by atoms with van der Waals surface area (Å²) >= 11 is 0. The Hall–Kier alpha value is 1.47. The summed E-state index contributed by atoms with van der Waals surface area (Å²) < 4.78 is 39.6. The van der Waals surface area contributed by atoms with Crippen LogP contribution in [0.25, 0.3) is 0 Å². The zero-order chi connectivity index (χ0) is 8.91. The first kappa shape index (κ1) is 15.9. The Morgan fingerprint density at radius 2 is 1.75 bits per heavy atom. The molecule has 68 valence electrons. The van der Waals surface area contributed by atoms with E-state index in [2.05, 4.69) is 9.47 Å². The van der Waals surface area contributed by atoms with Gasteiger partial charge in [-0.25, -0.2) is 8.42 Å². The minimum atomic E-state index is -4.15. The summed E-state index contributed by atoms with van der Waals surface area (Å²) in [7, 11) is -1.39. The van der Waals surface area contributed by atoms with Crippen molar-refractivity contribution in [1.82, 2.24) is 0 Å². The van der Waals surface area contributed by atoms with Crippen LogP contribution in [0.3, 0.4) is 0 Å². The minimum Gasteiger partial charge on any atom is -0.748 e. The van der Waals surface area contributed by atoms with Crippen LogP contribution in [0.1, 0.15) is 6.42 Å². The van der Waals surface area contributed by atoms with Crippen LogP contribution in [0.15, 0.2) is 0 Å². The maximum atomic E-state index is 10.1. The van der Waals surface area contributed by atoms with Crippen molar-refractivity contribution in [2.45, 2.75) is 12.7 Å². The van der Waals surface area contributed by atoms with Crippen LogP contribution in [0, 0.1) is 0 Å². The molecule has 0 amide bonds. The Morgan fingerprint density at radius 3 is 2.00 bits per heavy atom. The molecule has 0 bridgehead atoms. The first-order valence-electron chi connectivity index (χ1n) is 2.98. The van der Waals surface area contributed by atoms with E-state index < -0.39 is 22.2 Å². The summed E-state index contributed by atoms with van der Waals surface area (Å²) in [6.07, 6.45) is -0.544. The molecule has 0 radical (unpaired) electrons. The topological polar surface area (TPSA) is 75.7 Å². The van der Waals surface area contributed by atoms with Gasteiger partial charge in [0.2, 0.25) is 0 Å². The average molecular weight is 222 g/mol. The molecule has 0 unspecified atom stereocenters. The van der Waals surface area contributed by atoms with Crippen LogP contribution in [-0.2, 0) is 19.6 Å². The zero-order valence-electron chi connectivity index (χ0n) is 7.44. The Bertz CT molecular complexity index is 186.